The van der Waals surface area contributed by atoms with Crippen molar-refractivity contribution in [2.45, 2.75) is 18.3 Å². The molecule has 0 bridgehead atoms. The van der Waals surface area contributed by atoms with E-state index in [9.17, 15) is 23.7 Å². The summed E-state index contributed by atoms with van der Waals surface area (Å²) in [5.41, 5.74) is -1.56. The molecule has 0 aliphatic heterocycles. The van der Waals surface area contributed by atoms with Gasteiger partial charge in [0.05, 0.1) is 16.4 Å². The van der Waals surface area contributed by atoms with Crippen molar-refractivity contribution in [2.24, 2.45) is 0 Å². The summed E-state index contributed by atoms with van der Waals surface area (Å²) in [6.45, 7) is 0. The number of nitro groups is 1. The van der Waals surface area contributed by atoms with Gasteiger partial charge in [0.2, 0.25) is 0 Å². The Kier molecular flexibility index (Phi) is 2.22. The standard InChI is InChI=1S/C10H7F2NO3/c11-7-3-6(10(5-14)1-2-10)9(13(15)16)4-8(7)12/h3-5H,1-2H2. The molecule has 1 saturated carbocycles. The normalized spacial score (nSPS) is 16.9. The Balaban J connectivity index is 2.63. The minimum Gasteiger partial charge on any atom is -0.302 e. The summed E-state index contributed by atoms with van der Waals surface area (Å²) >= 11 is 0. The lowest BCUT2D eigenvalue weighted by Gasteiger charge is -2.08. The zero-order valence-electron chi connectivity index (χ0n) is 8.07. The van der Waals surface area contributed by atoms with Crippen LogP contribution in [0.3, 0.4) is 0 Å². The molecule has 0 amide bonds. The van der Waals surface area contributed by atoms with Gasteiger partial charge in [-0.05, 0) is 18.9 Å². The van der Waals surface area contributed by atoms with Crippen molar-refractivity contribution in [1.82, 2.24) is 0 Å². The summed E-state index contributed by atoms with van der Waals surface area (Å²) in [5, 5.41) is 10.7. The average molecular weight is 227 g/mol. The lowest BCUT2D eigenvalue weighted by atomic mass is 9.95. The Labute approximate surface area is 89.0 Å². The first-order valence-corrected chi connectivity index (χ1v) is 4.60. The second kappa shape index (κ2) is 3.33. The molecule has 6 heteroatoms. The van der Waals surface area contributed by atoms with Crippen LogP contribution in [0.2, 0.25) is 0 Å². The summed E-state index contributed by atoms with van der Waals surface area (Å²) in [7, 11) is 0. The third-order valence-electron chi connectivity index (χ3n) is 2.79. The molecule has 0 radical (unpaired) electrons. The summed E-state index contributed by atoms with van der Waals surface area (Å²) < 4.78 is 25.9. The van der Waals surface area contributed by atoms with Crippen molar-refractivity contribution in [1.29, 1.82) is 0 Å². The van der Waals surface area contributed by atoms with Gasteiger partial charge in [-0.15, -0.1) is 0 Å². The van der Waals surface area contributed by atoms with Gasteiger partial charge in [0.25, 0.3) is 5.69 Å². The van der Waals surface area contributed by atoms with Crippen molar-refractivity contribution in [2.75, 3.05) is 0 Å². The highest BCUT2D eigenvalue weighted by atomic mass is 19.2. The van der Waals surface area contributed by atoms with Gasteiger partial charge in [-0.2, -0.15) is 0 Å². The van der Waals surface area contributed by atoms with Crippen LogP contribution in [0, 0.1) is 21.7 Å². The lowest BCUT2D eigenvalue weighted by Crippen LogP contribution is -2.12. The Morgan fingerprint density at radius 1 is 1.31 bits per heavy atom. The van der Waals surface area contributed by atoms with Crippen molar-refractivity contribution in [3.8, 4) is 0 Å². The van der Waals surface area contributed by atoms with E-state index in [4.69, 9.17) is 0 Å². The topological polar surface area (TPSA) is 60.2 Å². The molecule has 0 saturated heterocycles. The average Bonchev–Trinajstić information content (AvgIpc) is 3.02. The molecule has 4 nitrogen and oxygen atoms in total. The third kappa shape index (κ3) is 1.46. The number of carbonyl (C=O) groups excluding carboxylic acids is 1. The van der Waals surface area contributed by atoms with Gasteiger partial charge in [-0.25, -0.2) is 8.78 Å². The first-order valence-electron chi connectivity index (χ1n) is 4.60. The number of hydrogen-bond donors (Lipinski definition) is 0. The summed E-state index contributed by atoms with van der Waals surface area (Å²) in [4.78, 5) is 20.7. The Morgan fingerprint density at radius 2 is 1.88 bits per heavy atom. The number of nitro benzene ring substituents is 1. The second-order valence-corrected chi connectivity index (χ2v) is 3.81. The SMILES string of the molecule is O=CC1(c2cc(F)c(F)cc2[N+](=O)[O-])CC1. The summed E-state index contributed by atoms with van der Waals surface area (Å²) in [5.74, 6) is -2.45. The number of halogens is 2. The van der Waals surface area contributed by atoms with E-state index in [2.05, 4.69) is 0 Å². The van der Waals surface area contributed by atoms with E-state index in [1.807, 2.05) is 0 Å². The van der Waals surface area contributed by atoms with Crippen LogP contribution in [0.4, 0.5) is 14.5 Å². The highest BCUT2D eigenvalue weighted by molar-refractivity contribution is 5.76. The summed E-state index contributed by atoms with van der Waals surface area (Å²) in [6.07, 6.45) is 1.43. The quantitative estimate of drug-likeness (QED) is 0.451. The molecule has 1 aliphatic carbocycles. The molecular formula is C10H7F2NO3. The Morgan fingerprint density at radius 3 is 2.31 bits per heavy atom. The molecule has 2 rings (SSSR count). The maximum absolute atomic E-state index is 13.0. The van der Waals surface area contributed by atoms with Crippen LogP contribution in [0.25, 0.3) is 0 Å². The second-order valence-electron chi connectivity index (χ2n) is 3.81. The first kappa shape index (κ1) is 10.7. The number of hydrogen-bond acceptors (Lipinski definition) is 3. The minimum atomic E-state index is -1.28. The van der Waals surface area contributed by atoms with E-state index < -0.39 is 27.7 Å². The molecule has 84 valence electrons. The molecular weight excluding hydrogens is 220 g/mol. The number of aldehydes is 1. The molecule has 1 fully saturated rings. The van der Waals surface area contributed by atoms with Gasteiger partial charge in [0.1, 0.15) is 6.29 Å². The van der Waals surface area contributed by atoms with Crippen LogP contribution in [0.15, 0.2) is 12.1 Å². The molecule has 0 atom stereocenters. The van der Waals surface area contributed by atoms with Crippen LogP contribution in [0.1, 0.15) is 18.4 Å². The van der Waals surface area contributed by atoms with E-state index in [1.165, 1.54) is 0 Å². The molecule has 0 N–H and O–H groups in total. The smallest absolute Gasteiger partial charge is 0.276 e. The van der Waals surface area contributed by atoms with Gasteiger partial charge in [-0.3, -0.25) is 10.1 Å². The minimum absolute atomic E-state index is 0.0357. The Hall–Kier alpha value is -1.85. The van der Waals surface area contributed by atoms with Crippen LogP contribution in [-0.2, 0) is 10.2 Å². The molecule has 16 heavy (non-hydrogen) atoms. The van der Waals surface area contributed by atoms with Crippen molar-refractivity contribution in [3.63, 3.8) is 0 Å². The van der Waals surface area contributed by atoms with Gasteiger partial charge in [0, 0.05) is 5.56 Å². The molecule has 0 unspecified atom stereocenters. The number of carbonyl (C=O) groups is 1. The molecule has 0 heterocycles. The third-order valence-corrected chi connectivity index (χ3v) is 2.79. The van der Waals surface area contributed by atoms with Crippen molar-refractivity contribution in [3.05, 3.63) is 39.4 Å². The van der Waals surface area contributed by atoms with E-state index in [0.717, 1.165) is 6.07 Å². The van der Waals surface area contributed by atoms with Crippen LogP contribution < -0.4 is 0 Å². The molecule has 0 spiro atoms. The van der Waals surface area contributed by atoms with Crippen LogP contribution >= 0.6 is 0 Å². The zero-order valence-corrected chi connectivity index (χ0v) is 8.07. The number of rotatable bonds is 3. The maximum atomic E-state index is 13.0. The number of nitrogens with zero attached hydrogens (tertiary/aromatic N) is 1. The van der Waals surface area contributed by atoms with Gasteiger partial charge < -0.3 is 4.79 Å². The lowest BCUT2D eigenvalue weighted by molar-refractivity contribution is -0.386. The fourth-order valence-corrected chi connectivity index (χ4v) is 1.67. The first-order chi connectivity index (χ1) is 7.50. The molecule has 1 aromatic carbocycles. The fourth-order valence-electron chi connectivity index (χ4n) is 1.67. The predicted octanol–water partition coefficient (Wildman–Crippen LogP) is 2.10. The molecule has 1 aliphatic rings. The molecule has 1 aromatic rings. The summed E-state index contributed by atoms with van der Waals surface area (Å²) in [6, 6.07) is 1.27. The van der Waals surface area contributed by atoms with E-state index in [-0.39, 0.29) is 5.56 Å². The van der Waals surface area contributed by atoms with Crippen molar-refractivity contribution >= 4 is 12.0 Å². The largest absolute Gasteiger partial charge is 0.302 e. The van der Waals surface area contributed by atoms with Crippen LogP contribution in [0.5, 0.6) is 0 Å². The van der Waals surface area contributed by atoms with Gasteiger partial charge in [-0.1, -0.05) is 0 Å². The van der Waals surface area contributed by atoms with E-state index in [0.29, 0.717) is 25.2 Å². The van der Waals surface area contributed by atoms with Gasteiger partial charge in [0.15, 0.2) is 11.6 Å². The fraction of sp³-hybridized carbons (Fsp3) is 0.300. The Bertz CT molecular complexity index is 483. The monoisotopic (exact) mass is 227 g/mol. The van der Waals surface area contributed by atoms with Gasteiger partial charge >= 0.3 is 0 Å². The maximum Gasteiger partial charge on any atom is 0.276 e. The highest BCUT2D eigenvalue weighted by Gasteiger charge is 2.48. The van der Waals surface area contributed by atoms with Crippen molar-refractivity contribution < 1.29 is 18.5 Å². The van der Waals surface area contributed by atoms with E-state index in [1.54, 1.807) is 0 Å². The van der Waals surface area contributed by atoms with Crippen LogP contribution in [-0.4, -0.2) is 11.2 Å². The molecule has 0 aromatic heterocycles. The number of benzene rings is 1. The predicted molar refractivity (Wildman–Crippen MR) is 50.0 cm³/mol. The zero-order chi connectivity index (χ0) is 11.9. The highest BCUT2D eigenvalue weighted by Crippen LogP contribution is 2.49. The van der Waals surface area contributed by atoms with E-state index >= 15 is 0 Å².